The standard InChI is InChI=1S/C19H20N2/c1(2-10-16-20-18-12-6-4-7-13-18)3-11-17-21-19-14-8-5-9-15-19/h1-2,4-9,12-17H,3,10-11H2. The van der Waals surface area contributed by atoms with Gasteiger partial charge in [0.05, 0.1) is 11.4 Å². The highest BCUT2D eigenvalue weighted by Gasteiger charge is 1.84. The Morgan fingerprint density at radius 3 is 1.81 bits per heavy atom. The van der Waals surface area contributed by atoms with Crippen LogP contribution in [0.15, 0.2) is 82.8 Å². The number of para-hydroxylation sites is 2. The van der Waals surface area contributed by atoms with Gasteiger partial charge in [0.1, 0.15) is 0 Å². The lowest BCUT2D eigenvalue weighted by Gasteiger charge is -1.91. The Balaban J connectivity index is 1.61. The van der Waals surface area contributed by atoms with E-state index in [2.05, 4.69) is 22.1 Å². The molecule has 0 amide bonds. The predicted octanol–water partition coefficient (Wildman–Crippen LogP) is 5.52. The molecule has 2 nitrogen and oxygen atoms in total. The van der Waals surface area contributed by atoms with Crippen LogP contribution < -0.4 is 0 Å². The zero-order valence-corrected chi connectivity index (χ0v) is 12.1. The van der Waals surface area contributed by atoms with Crippen molar-refractivity contribution in [3.05, 3.63) is 72.8 Å². The molecule has 0 unspecified atom stereocenters. The van der Waals surface area contributed by atoms with Crippen molar-refractivity contribution in [2.75, 3.05) is 0 Å². The smallest absolute Gasteiger partial charge is 0.0625 e. The van der Waals surface area contributed by atoms with Crippen molar-refractivity contribution in [3.8, 4) is 0 Å². The van der Waals surface area contributed by atoms with Crippen LogP contribution in [-0.4, -0.2) is 12.4 Å². The monoisotopic (exact) mass is 276 g/mol. The Kier molecular flexibility index (Phi) is 6.70. The molecule has 0 aliphatic heterocycles. The fraction of sp³-hybridized carbons (Fsp3) is 0.158. The lowest BCUT2D eigenvalue weighted by atomic mass is 10.2. The van der Waals surface area contributed by atoms with Gasteiger partial charge in [0, 0.05) is 18.9 Å². The number of allylic oxidation sites excluding steroid dienone is 2. The molecule has 2 rings (SSSR count). The maximum Gasteiger partial charge on any atom is 0.0625 e. The van der Waals surface area contributed by atoms with E-state index < -0.39 is 0 Å². The summed E-state index contributed by atoms with van der Waals surface area (Å²) in [5.41, 5.74) is 2.01. The van der Waals surface area contributed by atoms with Crippen LogP contribution in [-0.2, 0) is 0 Å². The van der Waals surface area contributed by atoms with Crippen molar-refractivity contribution in [2.45, 2.75) is 19.3 Å². The van der Waals surface area contributed by atoms with Crippen molar-refractivity contribution in [3.63, 3.8) is 0 Å². The molecule has 0 spiro atoms. The molecular weight excluding hydrogens is 256 g/mol. The van der Waals surface area contributed by atoms with Crippen molar-refractivity contribution < 1.29 is 0 Å². The average molecular weight is 276 g/mol. The second kappa shape index (κ2) is 9.43. The zero-order valence-electron chi connectivity index (χ0n) is 12.1. The van der Waals surface area contributed by atoms with E-state index in [1.54, 1.807) is 0 Å². The average Bonchev–Trinajstić information content (AvgIpc) is 2.55. The largest absolute Gasteiger partial charge is 0.261 e. The van der Waals surface area contributed by atoms with Gasteiger partial charge in [-0.2, -0.15) is 0 Å². The molecule has 0 radical (unpaired) electrons. The molecule has 0 saturated heterocycles. The molecule has 2 heteroatoms. The van der Waals surface area contributed by atoms with E-state index in [4.69, 9.17) is 0 Å². The molecule has 2 aromatic carbocycles. The van der Waals surface area contributed by atoms with E-state index in [9.17, 15) is 0 Å². The number of benzene rings is 2. The maximum absolute atomic E-state index is 4.39. The number of aliphatic imine (C=N–C) groups is 2. The van der Waals surface area contributed by atoms with Crippen molar-refractivity contribution >= 4 is 23.8 Å². The molecule has 0 bridgehead atoms. The quantitative estimate of drug-likeness (QED) is 0.361. The molecule has 0 N–H and O–H groups in total. The predicted molar refractivity (Wildman–Crippen MR) is 92.2 cm³/mol. The lowest BCUT2D eigenvalue weighted by molar-refractivity contribution is 1.11. The van der Waals surface area contributed by atoms with Crippen LogP contribution in [0.1, 0.15) is 19.3 Å². The maximum atomic E-state index is 4.39. The molecule has 0 atom stereocenters. The summed E-state index contributed by atoms with van der Waals surface area (Å²) in [4.78, 5) is 8.77. The highest BCUT2D eigenvalue weighted by atomic mass is 14.7. The lowest BCUT2D eigenvalue weighted by Crippen LogP contribution is -1.74. The Hall–Kier alpha value is -2.48. The van der Waals surface area contributed by atoms with Crippen molar-refractivity contribution in [1.82, 2.24) is 0 Å². The van der Waals surface area contributed by atoms with Gasteiger partial charge in [0.25, 0.3) is 0 Å². The Morgan fingerprint density at radius 2 is 1.19 bits per heavy atom. The van der Waals surface area contributed by atoms with Crippen LogP contribution in [0.2, 0.25) is 0 Å². The minimum Gasteiger partial charge on any atom is -0.261 e. The summed E-state index contributed by atoms with van der Waals surface area (Å²) in [5.74, 6) is 0. The minimum absolute atomic E-state index is 0.866. The van der Waals surface area contributed by atoms with Gasteiger partial charge in [0.2, 0.25) is 0 Å². The topological polar surface area (TPSA) is 24.7 Å². The van der Waals surface area contributed by atoms with Crippen LogP contribution in [0.4, 0.5) is 11.4 Å². The molecule has 0 saturated carbocycles. The van der Waals surface area contributed by atoms with Gasteiger partial charge >= 0.3 is 0 Å². The van der Waals surface area contributed by atoms with Crippen molar-refractivity contribution in [1.29, 1.82) is 0 Å². The first-order valence-corrected chi connectivity index (χ1v) is 7.25. The van der Waals surface area contributed by atoms with Crippen LogP contribution in [0, 0.1) is 0 Å². The van der Waals surface area contributed by atoms with E-state index in [-0.39, 0.29) is 0 Å². The van der Waals surface area contributed by atoms with Crippen LogP contribution in [0.5, 0.6) is 0 Å². The molecule has 2 aromatic rings. The fourth-order valence-corrected chi connectivity index (χ4v) is 1.80. The number of nitrogens with zero attached hydrogens (tertiary/aromatic N) is 2. The molecule has 0 heterocycles. The number of hydrogen-bond donors (Lipinski definition) is 0. The third-order valence-corrected chi connectivity index (χ3v) is 2.86. The van der Waals surface area contributed by atoms with E-state index >= 15 is 0 Å². The Bertz CT molecular complexity index is 583. The zero-order chi connectivity index (χ0) is 14.6. The number of unbranched alkanes of at least 4 members (excludes halogenated alkanes) is 1. The van der Waals surface area contributed by atoms with Crippen molar-refractivity contribution in [2.24, 2.45) is 9.98 Å². The molecule has 106 valence electrons. The SMILES string of the molecule is C(=CCCC=Nc1ccccc1)CC=Nc1ccccc1. The second-order valence-electron chi connectivity index (χ2n) is 4.58. The first-order chi connectivity index (χ1) is 10.4. The molecule has 0 aromatic heterocycles. The fourth-order valence-electron chi connectivity index (χ4n) is 1.80. The molecule has 0 aliphatic rings. The summed E-state index contributed by atoms with van der Waals surface area (Å²) in [6.07, 6.45) is 11.1. The normalized spacial score (nSPS) is 11.8. The van der Waals surface area contributed by atoms with E-state index in [1.807, 2.05) is 73.1 Å². The van der Waals surface area contributed by atoms with Gasteiger partial charge in [-0.1, -0.05) is 48.6 Å². The summed E-state index contributed by atoms with van der Waals surface area (Å²) in [7, 11) is 0. The van der Waals surface area contributed by atoms with Gasteiger partial charge in [-0.05, 0) is 37.1 Å². The van der Waals surface area contributed by atoms with Gasteiger partial charge in [0.15, 0.2) is 0 Å². The third kappa shape index (κ3) is 6.48. The highest BCUT2D eigenvalue weighted by molar-refractivity contribution is 5.65. The summed E-state index contributed by atoms with van der Waals surface area (Å²) in [5, 5.41) is 0. The first kappa shape index (κ1) is 14.9. The Morgan fingerprint density at radius 1 is 0.619 bits per heavy atom. The van der Waals surface area contributed by atoms with Gasteiger partial charge in [-0.15, -0.1) is 0 Å². The molecular formula is C19H20N2. The molecule has 21 heavy (non-hydrogen) atoms. The van der Waals surface area contributed by atoms with E-state index in [1.165, 1.54) is 0 Å². The molecule has 0 aliphatic carbocycles. The summed E-state index contributed by atoms with van der Waals surface area (Å²) in [6, 6.07) is 20.0. The summed E-state index contributed by atoms with van der Waals surface area (Å²) >= 11 is 0. The van der Waals surface area contributed by atoms with Crippen LogP contribution in [0.25, 0.3) is 0 Å². The second-order valence-corrected chi connectivity index (χ2v) is 4.58. The van der Waals surface area contributed by atoms with Gasteiger partial charge < -0.3 is 0 Å². The van der Waals surface area contributed by atoms with Gasteiger partial charge in [-0.25, -0.2) is 0 Å². The highest BCUT2D eigenvalue weighted by Crippen LogP contribution is 2.09. The van der Waals surface area contributed by atoms with Crippen LogP contribution >= 0.6 is 0 Å². The first-order valence-electron chi connectivity index (χ1n) is 7.25. The number of hydrogen-bond acceptors (Lipinski definition) is 2. The van der Waals surface area contributed by atoms with E-state index in [0.717, 1.165) is 30.6 Å². The molecule has 0 fully saturated rings. The number of rotatable bonds is 7. The van der Waals surface area contributed by atoms with Gasteiger partial charge in [-0.3, -0.25) is 9.98 Å². The van der Waals surface area contributed by atoms with Crippen LogP contribution in [0.3, 0.4) is 0 Å². The Labute approximate surface area is 126 Å². The van der Waals surface area contributed by atoms with E-state index in [0.29, 0.717) is 0 Å². The summed E-state index contributed by atoms with van der Waals surface area (Å²) in [6.45, 7) is 0. The summed E-state index contributed by atoms with van der Waals surface area (Å²) < 4.78 is 0. The third-order valence-electron chi connectivity index (χ3n) is 2.86. The minimum atomic E-state index is 0.866.